The minimum absolute atomic E-state index is 0.00383. The number of ether oxygens (including phenoxy) is 2. The van der Waals surface area contributed by atoms with Gasteiger partial charge in [0.15, 0.2) is 5.16 Å². The van der Waals surface area contributed by atoms with Gasteiger partial charge in [0.2, 0.25) is 5.76 Å². The van der Waals surface area contributed by atoms with Crippen molar-refractivity contribution in [2.75, 3.05) is 14.2 Å². The largest absolute Gasteiger partial charge is 0.497 e. The molecule has 0 amide bonds. The molecule has 6 nitrogen and oxygen atoms in total. The highest BCUT2D eigenvalue weighted by molar-refractivity contribution is 7.99. The highest BCUT2D eigenvalue weighted by Gasteiger charge is 2.17. The van der Waals surface area contributed by atoms with Crippen LogP contribution in [0.4, 0.5) is 0 Å². The van der Waals surface area contributed by atoms with Crippen LogP contribution in [0.15, 0.2) is 39.9 Å². The number of hydrogen-bond donors (Lipinski definition) is 1. The molecule has 3 rings (SSSR count). The molecule has 0 unspecified atom stereocenters. The number of esters is 1. The van der Waals surface area contributed by atoms with E-state index < -0.39 is 5.97 Å². The van der Waals surface area contributed by atoms with Crippen LogP contribution in [0.25, 0.3) is 11.0 Å². The molecule has 0 aliphatic rings. The Kier molecular flexibility index (Phi) is 4.29. The number of aromatic nitrogens is 2. The summed E-state index contributed by atoms with van der Waals surface area (Å²) in [5.74, 6) is 1.18. The van der Waals surface area contributed by atoms with E-state index in [1.165, 1.54) is 18.9 Å². The number of nitrogens with zero attached hydrogens (tertiary/aromatic N) is 1. The number of imidazole rings is 1. The molecule has 0 fully saturated rings. The summed E-state index contributed by atoms with van der Waals surface area (Å²) in [6.07, 6.45) is 0. The number of hydrogen-bond acceptors (Lipinski definition) is 6. The molecule has 0 aliphatic carbocycles. The lowest BCUT2D eigenvalue weighted by molar-refractivity contribution is 0.0563. The molecule has 0 bridgehead atoms. The molecule has 1 aromatic carbocycles. The molecular formula is C16H16N2O4S. The predicted octanol–water partition coefficient (Wildman–Crippen LogP) is 3.80. The zero-order chi connectivity index (χ0) is 16.4. The fourth-order valence-corrected chi connectivity index (χ4v) is 3.05. The summed E-state index contributed by atoms with van der Waals surface area (Å²) in [7, 11) is 2.95. The van der Waals surface area contributed by atoms with Crippen LogP contribution in [-0.4, -0.2) is 30.2 Å². The van der Waals surface area contributed by atoms with Crippen LogP contribution in [0, 0.1) is 0 Å². The van der Waals surface area contributed by atoms with Crippen molar-refractivity contribution in [3.8, 4) is 5.75 Å². The molecule has 0 aliphatic heterocycles. The second-order valence-corrected chi connectivity index (χ2v) is 6.21. The number of thioether (sulfide) groups is 1. The number of nitrogens with one attached hydrogen (secondary N) is 1. The van der Waals surface area contributed by atoms with Crippen molar-refractivity contribution in [1.29, 1.82) is 0 Å². The third kappa shape index (κ3) is 3.19. The fourth-order valence-electron chi connectivity index (χ4n) is 2.16. The first-order valence-corrected chi connectivity index (χ1v) is 7.87. The van der Waals surface area contributed by atoms with E-state index in [2.05, 4.69) is 14.7 Å². The van der Waals surface area contributed by atoms with Crippen LogP contribution in [0.3, 0.4) is 0 Å². The number of furan rings is 1. The van der Waals surface area contributed by atoms with E-state index in [0.717, 1.165) is 21.9 Å². The molecule has 2 aromatic heterocycles. The second kappa shape index (κ2) is 6.37. The highest BCUT2D eigenvalue weighted by Crippen LogP contribution is 2.35. The maximum Gasteiger partial charge on any atom is 0.373 e. The summed E-state index contributed by atoms with van der Waals surface area (Å²) in [6.45, 7) is 1.98. The van der Waals surface area contributed by atoms with Gasteiger partial charge in [0, 0.05) is 6.07 Å². The van der Waals surface area contributed by atoms with Gasteiger partial charge < -0.3 is 18.9 Å². The molecule has 0 radical (unpaired) electrons. The lowest BCUT2D eigenvalue weighted by Gasteiger charge is -2.05. The van der Waals surface area contributed by atoms with Crippen LogP contribution >= 0.6 is 11.8 Å². The first-order valence-electron chi connectivity index (χ1n) is 6.99. The maximum atomic E-state index is 11.4. The Morgan fingerprint density at radius 3 is 2.87 bits per heavy atom. The Balaban J connectivity index is 1.78. The summed E-state index contributed by atoms with van der Waals surface area (Å²) in [4.78, 5) is 19.2. The van der Waals surface area contributed by atoms with E-state index >= 15 is 0 Å². The first kappa shape index (κ1) is 15.5. The summed E-state index contributed by atoms with van der Waals surface area (Å²) < 4.78 is 15.4. The number of carbonyl (C=O) groups excluding carboxylic acids is 1. The van der Waals surface area contributed by atoms with E-state index in [-0.39, 0.29) is 11.0 Å². The van der Waals surface area contributed by atoms with Crippen LogP contribution in [-0.2, 0) is 4.74 Å². The minimum Gasteiger partial charge on any atom is -0.497 e. The zero-order valence-electron chi connectivity index (χ0n) is 13.0. The Labute approximate surface area is 137 Å². The monoisotopic (exact) mass is 332 g/mol. The smallest absolute Gasteiger partial charge is 0.373 e. The molecule has 2 heterocycles. The van der Waals surface area contributed by atoms with Crippen LogP contribution in [0.2, 0.25) is 0 Å². The zero-order valence-corrected chi connectivity index (χ0v) is 13.8. The summed E-state index contributed by atoms with van der Waals surface area (Å²) in [6, 6.07) is 9.06. The Morgan fingerprint density at radius 1 is 1.30 bits per heavy atom. The van der Waals surface area contributed by atoms with Gasteiger partial charge in [0.05, 0.1) is 30.5 Å². The van der Waals surface area contributed by atoms with E-state index in [9.17, 15) is 4.79 Å². The Bertz CT molecular complexity index is 840. The van der Waals surface area contributed by atoms with Gasteiger partial charge in [-0.15, -0.1) is 0 Å². The molecule has 120 valence electrons. The average Bonchev–Trinajstić information content (AvgIpc) is 3.19. The van der Waals surface area contributed by atoms with Crippen molar-refractivity contribution in [1.82, 2.24) is 9.97 Å². The summed E-state index contributed by atoms with van der Waals surface area (Å²) in [5.41, 5.74) is 1.78. The standard InChI is InChI=1S/C16H16N2O4S/c1-9(13-6-7-14(22-13)15(19)21-3)23-16-17-11-5-4-10(20-2)8-12(11)18-16/h4-9H,1-3H3,(H,17,18)/t9-/m0/s1. The first-order chi connectivity index (χ1) is 11.1. The number of methoxy groups -OCH3 is 2. The van der Waals surface area contributed by atoms with Crippen LogP contribution in [0.5, 0.6) is 5.75 Å². The molecular weight excluding hydrogens is 316 g/mol. The lowest BCUT2D eigenvalue weighted by atomic mass is 10.3. The number of carbonyl (C=O) groups is 1. The lowest BCUT2D eigenvalue weighted by Crippen LogP contribution is -1.98. The molecule has 3 aromatic rings. The van der Waals surface area contributed by atoms with Crippen LogP contribution in [0.1, 0.15) is 28.5 Å². The Morgan fingerprint density at radius 2 is 2.13 bits per heavy atom. The molecule has 0 saturated carbocycles. The fraction of sp³-hybridized carbons (Fsp3) is 0.250. The molecule has 1 atom stereocenters. The van der Waals surface area contributed by atoms with Gasteiger partial charge in [0.25, 0.3) is 0 Å². The van der Waals surface area contributed by atoms with Gasteiger partial charge in [0.1, 0.15) is 11.5 Å². The quantitative estimate of drug-likeness (QED) is 0.565. The van der Waals surface area contributed by atoms with Gasteiger partial charge in [-0.05, 0) is 31.2 Å². The van der Waals surface area contributed by atoms with Crippen molar-refractivity contribution in [2.24, 2.45) is 0 Å². The highest BCUT2D eigenvalue weighted by atomic mass is 32.2. The number of rotatable bonds is 5. The number of benzene rings is 1. The Hall–Kier alpha value is -2.41. The van der Waals surface area contributed by atoms with Crippen molar-refractivity contribution in [3.63, 3.8) is 0 Å². The second-order valence-electron chi connectivity index (χ2n) is 4.88. The third-order valence-corrected chi connectivity index (χ3v) is 4.37. The number of H-pyrrole nitrogens is 1. The van der Waals surface area contributed by atoms with Crippen molar-refractivity contribution < 1.29 is 18.7 Å². The summed E-state index contributed by atoms with van der Waals surface area (Å²) in [5, 5.41) is 0.771. The minimum atomic E-state index is -0.482. The van der Waals surface area contributed by atoms with Crippen molar-refractivity contribution >= 4 is 28.8 Å². The van der Waals surface area contributed by atoms with Crippen molar-refractivity contribution in [3.05, 3.63) is 41.9 Å². The van der Waals surface area contributed by atoms with Gasteiger partial charge in [-0.2, -0.15) is 0 Å². The van der Waals surface area contributed by atoms with E-state index in [1.807, 2.05) is 25.1 Å². The van der Waals surface area contributed by atoms with Gasteiger partial charge in [-0.25, -0.2) is 9.78 Å². The van der Waals surface area contributed by atoms with Crippen molar-refractivity contribution in [2.45, 2.75) is 17.3 Å². The molecule has 0 spiro atoms. The number of fused-ring (bicyclic) bond motifs is 1. The third-order valence-electron chi connectivity index (χ3n) is 3.37. The SMILES string of the molecule is COC(=O)c1ccc([C@H](C)Sc2nc3ccc(OC)cc3[nH]2)o1. The van der Waals surface area contributed by atoms with E-state index in [0.29, 0.717) is 5.76 Å². The topological polar surface area (TPSA) is 77.4 Å². The molecule has 7 heteroatoms. The van der Waals surface area contributed by atoms with Gasteiger partial charge in [-0.1, -0.05) is 11.8 Å². The predicted molar refractivity (Wildman–Crippen MR) is 87.0 cm³/mol. The summed E-state index contributed by atoms with van der Waals surface area (Å²) >= 11 is 1.52. The van der Waals surface area contributed by atoms with E-state index in [4.69, 9.17) is 9.15 Å². The molecule has 23 heavy (non-hydrogen) atoms. The normalized spacial score (nSPS) is 12.3. The van der Waals surface area contributed by atoms with Gasteiger partial charge >= 0.3 is 5.97 Å². The maximum absolute atomic E-state index is 11.4. The molecule has 1 N–H and O–H groups in total. The molecule has 0 saturated heterocycles. The van der Waals surface area contributed by atoms with Gasteiger partial charge in [-0.3, -0.25) is 0 Å². The van der Waals surface area contributed by atoms with E-state index in [1.54, 1.807) is 19.2 Å². The average molecular weight is 332 g/mol. The van der Waals surface area contributed by atoms with Crippen LogP contribution < -0.4 is 4.74 Å². The number of aromatic amines is 1.